The average Bonchev–Trinajstić information content (AvgIpc) is 2.54. The maximum Gasteiger partial charge on any atom is 0.182 e. The summed E-state index contributed by atoms with van der Waals surface area (Å²) in [4.78, 5) is 14.1. The number of rotatable bonds is 5. The summed E-state index contributed by atoms with van der Waals surface area (Å²) in [6, 6.07) is 17.1. The van der Waals surface area contributed by atoms with E-state index in [9.17, 15) is 4.79 Å². The van der Waals surface area contributed by atoms with Crippen molar-refractivity contribution >= 4 is 11.5 Å². The fraction of sp³-hybridized carbons (Fsp3) is 0.222. The van der Waals surface area contributed by atoms with Gasteiger partial charge in [0, 0.05) is 18.3 Å². The molecule has 0 atom stereocenters. The van der Waals surface area contributed by atoms with Gasteiger partial charge in [-0.05, 0) is 30.2 Å². The molecule has 0 aliphatic rings. The van der Waals surface area contributed by atoms with Crippen molar-refractivity contribution in [3.8, 4) is 6.07 Å². The van der Waals surface area contributed by atoms with Crippen molar-refractivity contribution in [2.24, 2.45) is 0 Å². The number of carbonyl (C=O) groups excluding carboxylic acids is 1. The molecule has 0 N–H and O–H groups in total. The van der Waals surface area contributed by atoms with E-state index >= 15 is 0 Å². The largest absolute Gasteiger partial charge is 0.367 e. The maximum absolute atomic E-state index is 12.3. The van der Waals surface area contributed by atoms with E-state index in [-0.39, 0.29) is 5.78 Å². The van der Waals surface area contributed by atoms with Gasteiger partial charge in [0.25, 0.3) is 0 Å². The van der Waals surface area contributed by atoms with Crippen LogP contribution in [0.25, 0.3) is 0 Å². The minimum absolute atomic E-state index is 0.0718. The summed E-state index contributed by atoms with van der Waals surface area (Å²) >= 11 is 0. The Hall–Kier alpha value is -2.60. The van der Waals surface area contributed by atoms with Gasteiger partial charge in [-0.2, -0.15) is 5.26 Å². The van der Waals surface area contributed by atoms with Crippen LogP contribution in [0.5, 0.6) is 0 Å². The quantitative estimate of drug-likeness (QED) is 0.787. The smallest absolute Gasteiger partial charge is 0.182 e. The van der Waals surface area contributed by atoms with Gasteiger partial charge in [0.1, 0.15) is 0 Å². The summed E-state index contributed by atoms with van der Waals surface area (Å²) in [6.45, 7) is 2.38. The molecule has 0 saturated heterocycles. The van der Waals surface area contributed by atoms with Crippen molar-refractivity contribution in [3.63, 3.8) is 0 Å². The normalized spacial score (nSPS) is 9.95. The molecular weight excluding hydrogens is 260 g/mol. The number of benzene rings is 2. The van der Waals surface area contributed by atoms with E-state index in [1.54, 1.807) is 12.1 Å². The molecule has 0 heterocycles. The second-order valence-electron chi connectivity index (χ2n) is 4.99. The van der Waals surface area contributed by atoms with Crippen LogP contribution in [0.1, 0.15) is 28.4 Å². The van der Waals surface area contributed by atoms with E-state index in [4.69, 9.17) is 5.26 Å². The van der Waals surface area contributed by atoms with E-state index in [1.165, 1.54) is 5.56 Å². The Morgan fingerprint density at radius 1 is 1.19 bits per heavy atom. The molecule has 2 aromatic carbocycles. The summed E-state index contributed by atoms with van der Waals surface area (Å²) in [5.41, 5.74) is 3.41. The molecular formula is C18H18N2O. The van der Waals surface area contributed by atoms with E-state index in [0.717, 1.165) is 17.7 Å². The summed E-state index contributed by atoms with van der Waals surface area (Å²) < 4.78 is 0. The Labute approximate surface area is 125 Å². The van der Waals surface area contributed by atoms with E-state index < -0.39 is 0 Å². The fourth-order valence-corrected chi connectivity index (χ4v) is 2.14. The standard InChI is InChI=1S/C18H18N2O/c1-3-14-7-9-16(10-8-14)18(21)13-20(2)17-6-4-5-15(11-17)12-19/h4-11H,3,13H2,1-2H3. The van der Waals surface area contributed by atoms with Gasteiger partial charge in [0.05, 0.1) is 18.2 Å². The summed E-state index contributed by atoms with van der Waals surface area (Å²) in [7, 11) is 1.86. The topological polar surface area (TPSA) is 44.1 Å². The molecule has 3 heteroatoms. The Bertz CT molecular complexity index is 668. The lowest BCUT2D eigenvalue weighted by Gasteiger charge is -2.18. The van der Waals surface area contributed by atoms with Crippen LogP contribution in [-0.2, 0) is 6.42 Å². The van der Waals surface area contributed by atoms with Gasteiger partial charge < -0.3 is 4.90 Å². The maximum atomic E-state index is 12.3. The lowest BCUT2D eigenvalue weighted by Crippen LogP contribution is -2.25. The van der Waals surface area contributed by atoms with E-state index in [1.807, 2.05) is 48.3 Å². The lowest BCUT2D eigenvalue weighted by molar-refractivity contribution is 0.100. The lowest BCUT2D eigenvalue weighted by atomic mass is 10.1. The monoisotopic (exact) mass is 278 g/mol. The molecule has 21 heavy (non-hydrogen) atoms. The highest BCUT2D eigenvalue weighted by molar-refractivity contribution is 5.99. The molecule has 0 amide bonds. The first-order valence-corrected chi connectivity index (χ1v) is 6.97. The van der Waals surface area contributed by atoms with Crippen LogP contribution < -0.4 is 4.90 Å². The minimum Gasteiger partial charge on any atom is -0.367 e. The van der Waals surface area contributed by atoms with Gasteiger partial charge in [0.2, 0.25) is 0 Å². The van der Waals surface area contributed by atoms with E-state index in [2.05, 4.69) is 13.0 Å². The van der Waals surface area contributed by atoms with Crippen LogP contribution in [0.4, 0.5) is 5.69 Å². The molecule has 2 rings (SSSR count). The predicted octanol–water partition coefficient (Wildman–Crippen LogP) is 3.44. The molecule has 0 unspecified atom stereocenters. The Kier molecular flexibility index (Phi) is 4.73. The molecule has 0 aromatic heterocycles. The number of hydrogen-bond acceptors (Lipinski definition) is 3. The number of nitriles is 1. The summed E-state index contributed by atoms with van der Waals surface area (Å²) in [6.07, 6.45) is 0.968. The number of Topliss-reactive ketones (excluding diaryl/α,β-unsaturated/α-hetero) is 1. The molecule has 0 saturated carbocycles. The molecule has 0 aliphatic heterocycles. The zero-order valence-electron chi connectivity index (χ0n) is 12.3. The molecule has 0 spiro atoms. The summed E-state index contributed by atoms with van der Waals surface area (Å²) in [5.74, 6) is 0.0718. The number of ketones is 1. The van der Waals surface area contributed by atoms with Crippen LogP contribution >= 0.6 is 0 Å². The van der Waals surface area contributed by atoms with Crippen molar-refractivity contribution in [2.75, 3.05) is 18.5 Å². The third kappa shape index (κ3) is 3.70. The van der Waals surface area contributed by atoms with Crippen LogP contribution in [0.2, 0.25) is 0 Å². The highest BCUT2D eigenvalue weighted by Gasteiger charge is 2.10. The fourth-order valence-electron chi connectivity index (χ4n) is 2.14. The molecule has 2 aromatic rings. The Morgan fingerprint density at radius 2 is 1.90 bits per heavy atom. The zero-order valence-corrected chi connectivity index (χ0v) is 12.3. The SMILES string of the molecule is CCc1ccc(C(=O)CN(C)c2cccc(C#N)c2)cc1. The van der Waals surface area contributed by atoms with E-state index in [0.29, 0.717) is 12.1 Å². The second kappa shape index (κ2) is 6.71. The van der Waals surface area contributed by atoms with Gasteiger partial charge in [-0.25, -0.2) is 0 Å². The second-order valence-corrected chi connectivity index (χ2v) is 4.99. The van der Waals surface area contributed by atoms with Gasteiger partial charge in [-0.15, -0.1) is 0 Å². The van der Waals surface area contributed by atoms with Crippen molar-refractivity contribution in [1.29, 1.82) is 5.26 Å². The number of carbonyl (C=O) groups is 1. The third-order valence-corrected chi connectivity index (χ3v) is 3.48. The predicted molar refractivity (Wildman–Crippen MR) is 84.6 cm³/mol. The van der Waals surface area contributed by atoms with Gasteiger partial charge in [-0.3, -0.25) is 4.79 Å². The molecule has 0 fully saturated rings. The van der Waals surface area contributed by atoms with Gasteiger partial charge >= 0.3 is 0 Å². The third-order valence-electron chi connectivity index (χ3n) is 3.48. The van der Waals surface area contributed by atoms with Crippen LogP contribution in [0.15, 0.2) is 48.5 Å². The highest BCUT2D eigenvalue weighted by atomic mass is 16.1. The molecule has 0 aliphatic carbocycles. The number of hydrogen-bond donors (Lipinski definition) is 0. The Morgan fingerprint density at radius 3 is 2.52 bits per heavy atom. The van der Waals surface area contributed by atoms with Crippen molar-refractivity contribution < 1.29 is 4.79 Å². The van der Waals surface area contributed by atoms with Crippen molar-refractivity contribution in [2.45, 2.75) is 13.3 Å². The molecule has 0 radical (unpaired) electrons. The first-order chi connectivity index (χ1) is 10.1. The first kappa shape index (κ1) is 14.8. The van der Waals surface area contributed by atoms with Gasteiger partial charge in [0.15, 0.2) is 5.78 Å². The average molecular weight is 278 g/mol. The number of aryl methyl sites for hydroxylation is 1. The molecule has 106 valence electrons. The van der Waals surface area contributed by atoms with Crippen LogP contribution in [0.3, 0.4) is 0 Å². The minimum atomic E-state index is 0.0718. The summed E-state index contributed by atoms with van der Waals surface area (Å²) in [5, 5.41) is 8.92. The van der Waals surface area contributed by atoms with Gasteiger partial charge in [-0.1, -0.05) is 37.3 Å². The number of anilines is 1. The van der Waals surface area contributed by atoms with Crippen molar-refractivity contribution in [1.82, 2.24) is 0 Å². The number of nitrogens with zero attached hydrogens (tertiary/aromatic N) is 2. The molecule has 3 nitrogen and oxygen atoms in total. The van der Waals surface area contributed by atoms with Crippen molar-refractivity contribution in [3.05, 3.63) is 65.2 Å². The highest BCUT2D eigenvalue weighted by Crippen LogP contribution is 2.15. The van der Waals surface area contributed by atoms with Crippen LogP contribution in [-0.4, -0.2) is 19.4 Å². The first-order valence-electron chi connectivity index (χ1n) is 6.97. The molecule has 0 bridgehead atoms. The number of likely N-dealkylation sites (N-methyl/N-ethyl adjacent to an activating group) is 1. The zero-order chi connectivity index (χ0) is 15.2. The Balaban J connectivity index is 2.09. The van der Waals surface area contributed by atoms with Crippen LogP contribution in [0, 0.1) is 11.3 Å².